The molecule has 0 aliphatic heterocycles. The molecule has 21 heavy (non-hydrogen) atoms. The van der Waals surface area contributed by atoms with Crippen molar-refractivity contribution in [2.24, 2.45) is 7.05 Å². The molecule has 1 aromatic carbocycles. The summed E-state index contributed by atoms with van der Waals surface area (Å²) in [6.07, 6.45) is 1.51. The van der Waals surface area contributed by atoms with Crippen LogP contribution in [0.4, 0.5) is 10.5 Å². The van der Waals surface area contributed by atoms with Gasteiger partial charge in [-0.3, -0.25) is 0 Å². The molecule has 1 heterocycles. The van der Waals surface area contributed by atoms with E-state index in [-0.39, 0.29) is 23.5 Å². The van der Waals surface area contributed by atoms with E-state index in [2.05, 4.69) is 20.8 Å². The van der Waals surface area contributed by atoms with Gasteiger partial charge in [0.05, 0.1) is 6.54 Å². The van der Waals surface area contributed by atoms with Crippen molar-refractivity contribution >= 4 is 17.7 Å². The Labute approximate surface area is 119 Å². The van der Waals surface area contributed by atoms with Crippen LogP contribution in [0.15, 0.2) is 24.5 Å². The summed E-state index contributed by atoms with van der Waals surface area (Å²) in [6.45, 7) is 0.173. The number of aryl methyl sites for hydroxylation is 1. The molecule has 0 aliphatic rings. The summed E-state index contributed by atoms with van der Waals surface area (Å²) in [6, 6.07) is 3.23. The van der Waals surface area contributed by atoms with Gasteiger partial charge in [0, 0.05) is 12.7 Å². The predicted molar refractivity (Wildman–Crippen MR) is 71.9 cm³/mol. The summed E-state index contributed by atoms with van der Waals surface area (Å²) in [5.41, 5.74) is -0.0400. The largest absolute Gasteiger partial charge is 0.507 e. The minimum atomic E-state index is -1.28. The van der Waals surface area contributed by atoms with E-state index < -0.39 is 12.0 Å². The van der Waals surface area contributed by atoms with Crippen LogP contribution >= 0.6 is 0 Å². The molecule has 0 atom stereocenters. The van der Waals surface area contributed by atoms with Crippen molar-refractivity contribution in [1.82, 2.24) is 20.1 Å². The lowest BCUT2D eigenvalue weighted by Gasteiger charge is -2.08. The first-order chi connectivity index (χ1) is 9.97. The molecule has 9 nitrogen and oxygen atoms in total. The normalized spacial score (nSPS) is 10.1. The molecule has 110 valence electrons. The second-order valence-electron chi connectivity index (χ2n) is 4.20. The Morgan fingerprint density at radius 3 is 2.76 bits per heavy atom. The number of amides is 2. The molecule has 0 bridgehead atoms. The number of urea groups is 1. The highest BCUT2D eigenvalue weighted by Gasteiger charge is 2.11. The first-order valence-corrected chi connectivity index (χ1v) is 5.91. The molecule has 0 spiro atoms. The summed E-state index contributed by atoms with van der Waals surface area (Å²) < 4.78 is 1.66. The Morgan fingerprint density at radius 1 is 1.38 bits per heavy atom. The molecule has 0 radical (unpaired) electrons. The maximum absolute atomic E-state index is 11.7. The minimum Gasteiger partial charge on any atom is -0.507 e. The van der Waals surface area contributed by atoms with E-state index in [0.717, 1.165) is 0 Å². The number of carbonyl (C=O) groups excluding carboxylic acids is 1. The van der Waals surface area contributed by atoms with Crippen molar-refractivity contribution in [3.05, 3.63) is 35.9 Å². The Bertz CT molecular complexity index is 682. The van der Waals surface area contributed by atoms with Crippen LogP contribution in [0, 0.1) is 0 Å². The molecule has 1 aromatic heterocycles. The van der Waals surface area contributed by atoms with Gasteiger partial charge in [-0.25, -0.2) is 9.59 Å². The molecule has 2 amide bonds. The van der Waals surface area contributed by atoms with Gasteiger partial charge in [0.15, 0.2) is 5.82 Å². The highest BCUT2D eigenvalue weighted by molar-refractivity contribution is 5.95. The second kappa shape index (κ2) is 5.90. The number of phenols is 1. The van der Waals surface area contributed by atoms with Crippen molar-refractivity contribution in [2.75, 3.05) is 5.32 Å². The number of carboxylic acid groups (broad SMARTS) is 1. The molecule has 9 heteroatoms. The van der Waals surface area contributed by atoms with E-state index in [0.29, 0.717) is 5.82 Å². The fraction of sp³-hybridized carbons (Fsp3) is 0.167. The number of nitrogens with zero attached hydrogens (tertiary/aromatic N) is 3. The van der Waals surface area contributed by atoms with E-state index in [4.69, 9.17) is 5.11 Å². The third kappa shape index (κ3) is 3.47. The molecule has 2 aromatic rings. The zero-order chi connectivity index (χ0) is 15.4. The van der Waals surface area contributed by atoms with Crippen LogP contribution in [0.25, 0.3) is 0 Å². The van der Waals surface area contributed by atoms with E-state index in [1.54, 1.807) is 11.6 Å². The number of nitrogens with one attached hydrogen (secondary N) is 2. The highest BCUT2D eigenvalue weighted by Crippen LogP contribution is 2.21. The zero-order valence-corrected chi connectivity index (χ0v) is 11.1. The lowest BCUT2D eigenvalue weighted by molar-refractivity contribution is 0.0693. The molecular formula is C12H13N5O4. The SMILES string of the molecule is Cn1cnnc1CNC(=O)Nc1ccc(O)c(C(=O)O)c1. The van der Waals surface area contributed by atoms with Crippen LogP contribution in [-0.2, 0) is 13.6 Å². The highest BCUT2D eigenvalue weighted by atomic mass is 16.4. The maximum Gasteiger partial charge on any atom is 0.339 e. The average molecular weight is 291 g/mol. The summed E-state index contributed by atoms with van der Waals surface area (Å²) >= 11 is 0. The fourth-order valence-electron chi connectivity index (χ4n) is 1.59. The van der Waals surface area contributed by atoms with E-state index in [1.165, 1.54) is 24.5 Å². The number of hydrogen-bond acceptors (Lipinski definition) is 5. The predicted octanol–water partition coefficient (Wildman–Crippen LogP) is 0.541. The Hall–Kier alpha value is -3.10. The number of hydrogen-bond donors (Lipinski definition) is 4. The van der Waals surface area contributed by atoms with Gasteiger partial charge in [-0.05, 0) is 18.2 Å². The number of carbonyl (C=O) groups is 2. The topological polar surface area (TPSA) is 129 Å². The first kappa shape index (κ1) is 14.3. The number of aromatic carboxylic acids is 1. The third-order valence-corrected chi connectivity index (χ3v) is 2.70. The van der Waals surface area contributed by atoms with Gasteiger partial charge in [-0.2, -0.15) is 0 Å². The van der Waals surface area contributed by atoms with Crippen molar-refractivity contribution in [2.45, 2.75) is 6.54 Å². The smallest absolute Gasteiger partial charge is 0.339 e. The summed E-state index contributed by atoms with van der Waals surface area (Å²) in [4.78, 5) is 22.6. The molecule has 4 N–H and O–H groups in total. The lowest BCUT2D eigenvalue weighted by Crippen LogP contribution is -2.29. The number of aromatic nitrogens is 3. The Morgan fingerprint density at radius 2 is 2.14 bits per heavy atom. The number of benzene rings is 1. The summed E-state index contributed by atoms with van der Waals surface area (Å²) in [5.74, 6) is -1.08. The van der Waals surface area contributed by atoms with Crippen molar-refractivity contribution in [1.29, 1.82) is 0 Å². The van der Waals surface area contributed by atoms with Crippen LogP contribution in [0.5, 0.6) is 5.75 Å². The van der Waals surface area contributed by atoms with Gasteiger partial charge >= 0.3 is 12.0 Å². The average Bonchev–Trinajstić information content (AvgIpc) is 2.84. The van der Waals surface area contributed by atoms with Gasteiger partial charge in [-0.1, -0.05) is 0 Å². The number of carboxylic acids is 1. The second-order valence-corrected chi connectivity index (χ2v) is 4.20. The van der Waals surface area contributed by atoms with Gasteiger partial charge in [0.2, 0.25) is 0 Å². The van der Waals surface area contributed by atoms with E-state index in [9.17, 15) is 14.7 Å². The summed E-state index contributed by atoms with van der Waals surface area (Å²) in [7, 11) is 1.74. The zero-order valence-electron chi connectivity index (χ0n) is 11.1. The molecular weight excluding hydrogens is 278 g/mol. The van der Waals surface area contributed by atoms with E-state index in [1.807, 2.05) is 0 Å². The van der Waals surface area contributed by atoms with Crippen LogP contribution < -0.4 is 10.6 Å². The molecule has 2 rings (SSSR count). The van der Waals surface area contributed by atoms with Gasteiger partial charge < -0.3 is 25.4 Å². The Kier molecular flexibility index (Phi) is 4.02. The third-order valence-electron chi connectivity index (χ3n) is 2.70. The Balaban J connectivity index is 1.98. The quantitative estimate of drug-likeness (QED) is 0.608. The fourth-order valence-corrected chi connectivity index (χ4v) is 1.59. The standard InChI is InChI=1S/C12H13N5O4/c1-17-6-14-16-10(17)5-13-12(21)15-7-2-3-9(18)8(4-7)11(19)20/h2-4,6,18H,5H2,1H3,(H,19,20)(H2,13,15,21). The van der Waals surface area contributed by atoms with Gasteiger partial charge in [0.1, 0.15) is 17.6 Å². The lowest BCUT2D eigenvalue weighted by atomic mass is 10.2. The van der Waals surface area contributed by atoms with Crippen molar-refractivity contribution in [3.63, 3.8) is 0 Å². The molecule has 0 unspecified atom stereocenters. The molecule has 0 saturated carbocycles. The van der Waals surface area contributed by atoms with Crippen LogP contribution in [0.2, 0.25) is 0 Å². The summed E-state index contributed by atoms with van der Waals surface area (Å²) in [5, 5.41) is 30.7. The minimum absolute atomic E-state index is 0.173. The van der Waals surface area contributed by atoms with E-state index >= 15 is 0 Å². The van der Waals surface area contributed by atoms with Crippen LogP contribution in [-0.4, -0.2) is 37.0 Å². The van der Waals surface area contributed by atoms with Crippen molar-refractivity contribution < 1.29 is 19.8 Å². The molecule has 0 saturated heterocycles. The molecule has 0 fully saturated rings. The van der Waals surface area contributed by atoms with Crippen LogP contribution in [0.3, 0.4) is 0 Å². The number of aromatic hydroxyl groups is 1. The first-order valence-electron chi connectivity index (χ1n) is 5.91. The van der Waals surface area contributed by atoms with Gasteiger partial charge in [-0.15, -0.1) is 10.2 Å². The van der Waals surface area contributed by atoms with Crippen molar-refractivity contribution in [3.8, 4) is 5.75 Å². The monoisotopic (exact) mass is 291 g/mol. The number of rotatable bonds is 4. The number of anilines is 1. The maximum atomic E-state index is 11.7. The molecule has 0 aliphatic carbocycles. The van der Waals surface area contributed by atoms with Gasteiger partial charge in [0.25, 0.3) is 0 Å². The van der Waals surface area contributed by atoms with Crippen LogP contribution in [0.1, 0.15) is 16.2 Å².